The number of nitrogens with two attached hydrogens (primary N) is 1. The topological polar surface area (TPSA) is 101 Å². The zero-order valence-corrected chi connectivity index (χ0v) is 13.2. The van der Waals surface area contributed by atoms with E-state index in [1.165, 1.54) is 12.1 Å². The fraction of sp³-hybridized carbons (Fsp3) is 0.500. The molecule has 0 aliphatic heterocycles. The number of sulfonamides is 1. The number of hydrogen-bond acceptors (Lipinski definition) is 4. The fourth-order valence-electron chi connectivity index (χ4n) is 1.71. The molecule has 7 heteroatoms. The summed E-state index contributed by atoms with van der Waals surface area (Å²) in [5, 5.41) is 11.0. The maximum atomic E-state index is 11.5. The Labute approximate surface area is 126 Å². The largest absolute Gasteiger partial charge is 0.353 e. The molecule has 0 fully saturated rings. The van der Waals surface area contributed by atoms with Gasteiger partial charge in [0.25, 0.3) is 0 Å². The Hall–Kier alpha value is -1.44. The number of carbonyl (C=O) groups is 1. The van der Waals surface area contributed by atoms with Crippen molar-refractivity contribution in [3.63, 3.8) is 0 Å². The van der Waals surface area contributed by atoms with Crippen LogP contribution in [0.25, 0.3) is 0 Å². The van der Waals surface area contributed by atoms with Crippen LogP contribution in [-0.2, 0) is 21.2 Å². The van der Waals surface area contributed by atoms with Crippen LogP contribution in [0.2, 0.25) is 0 Å². The molecule has 0 bridgehead atoms. The molecule has 1 aromatic rings. The van der Waals surface area contributed by atoms with Crippen LogP contribution in [0.1, 0.15) is 25.8 Å². The summed E-state index contributed by atoms with van der Waals surface area (Å²) in [5.74, 6) is -0.0195. The second kappa shape index (κ2) is 8.11. The summed E-state index contributed by atoms with van der Waals surface area (Å²) in [6.07, 6.45) is 1.61. The molecule has 1 aromatic carbocycles. The van der Waals surface area contributed by atoms with Crippen molar-refractivity contribution in [1.29, 1.82) is 0 Å². The van der Waals surface area contributed by atoms with Crippen LogP contribution in [-0.4, -0.2) is 33.5 Å². The van der Waals surface area contributed by atoms with Crippen molar-refractivity contribution in [2.75, 3.05) is 13.1 Å². The van der Waals surface area contributed by atoms with Crippen molar-refractivity contribution in [2.24, 2.45) is 5.14 Å². The molecule has 0 aliphatic rings. The highest BCUT2D eigenvalue weighted by atomic mass is 32.2. The minimum absolute atomic E-state index is 0.0195. The lowest BCUT2D eigenvalue weighted by Crippen LogP contribution is -2.39. The van der Waals surface area contributed by atoms with Crippen LogP contribution in [0.5, 0.6) is 0 Å². The van der Waals surface area contributed by atoms with Gasteiger partial charge in [0.2, 0.25) is 15.9 Å². The second-order valence-electron chi connectivity index (χ2n) is 4.99. The van der Waals surface area contributed by atoms with E-state index in [1.54, 1.807) is 12.1 Å². The normalized spacial score (nSPS) is 12.9. The van der Waals surface area contributed by atoms with E-state index >= 15 is 0 Å². The van der Waals surface area contributed by atoms with Crippen LogP contribution in [0.4, 0.5) is 0 Å². The molecule has 0 saturated carbocycles. The highest BCUT2D eigenvalue weighted by Gasteiger charge is 2.07. The van der Waals surface area contributed by atoms with Gasteiger partial charge in [0.15, 0.2) is 0 Å². The van der Waals surface area contributed by atoms with E-state index in [4.69, 9.17) is 5.14 Å². The predicted octanol–water partition coefficient (Wildman–Crippen LogP) is 0.381. The Bertz CT molecular complexity index is 555. The minimum atomic E-state index is -3.64. The van der Waals surface area contributed by atoms with E-state index in [-0.39, 0.29) is 23.4 Å². The molecule has 1 atom stereocenters. The predicted molar refractivity (Wildman–Crippen MR) is 82.3 cm³/mol. The summed E-state index contributed by atoms with van der Waals surface area (Å²) in [7, 11) is -3.64. The van der Waals surface area contributed by atoms with Crippen molar-refractivity contribution in [3.8, 4) is 0 Å². The lowest BCUT2D eigenvalue weighted by Gasteiger charge is -2.11. The molecule has 21 heavy (non-hydrogen) atoms. The Balaban J connectivity index is 2.32. The SMILES string of the molecule is CCC(C)NC(=O)CNCCc1ccc(S(N)(=O)=O)cc1. The third-order valence-corrected chi connectivity index (χ3v) is 4.08. The number of primary sulfonamides is 1. The molecular formula is C14H23N3O3S. The maximum Gasteiger partial charge on any atom is 0.238 e. The third-order valence-electron chi connectivity index (χ3n) is 3.15. The lowest BCUT2D eigenvalue weighted by atomic mass is 10.1. The number of rotatable bonds is 8. The highest BCUT2D eigenvalue weighted by molar-refractivity contribution is 7.89. The molecule has 1 unspecified atom stereocenters. The summed E-state index contributed by atoms with van der Waals surface area (Å²) in [5.41, 5.74) is 0.984. The van der Waals surface area contributed by atoms with Gasteiger partial charge in [-0.1, -0.05) is 19.1 Å². The first-order valence-electron chi connectivity index (χ1n) is 6.94. The molecule has 0 heterocycles. The molecule has 118 valence electrons. The van der Waals surface area contributed by atoms with Crippen molar-refractivity contribution in [3.05, 3.63) is 29.8 Å². The Morgan fingerprint density at radius 2 is 1.90 bits per heavy atom. The Morgan fingerprint density at radius 3 is 2.43 bits per heavy atom. The first kappa shape index (κ1) is 17.6. The Kier molecular flexibility index (Phi) is 6.80. The fourth-order valence-corrected chi connectivity index (χ4v) is 2.22. The third kappa shape index (κ3) is 6.70. The van der Waals surface area contributed by atoms with Crippen LogP contribution in [0.15, 0.2) is 29.2 Å². The van der Waals surface area contributed by atoms with Crippen molar-refractivity contribution >= 4 is 15.9 Å². The number of amides is 1. The van der Waals surface area contributed by atoms with Crippen molar-refractivity contribution < 1.29 is 13.2 Å². The van der Waals surface area contributed by atoms with Gasteiger partial charge in [-0.25, -0.2) is 13.6 Å². The number of carbonyl (C=O) groups excluding carboxylic acids is 1. The summed E-state index contributed by atoms with van der Waals surface area (Å²) in [4.78, 5) is 11.6. The zero-order valence-electron chi connectivity index (χ0n) is 12.4. The van der Waals surface area contributed by atoms with Crippen molar-refractivity contribution in [2.45, 2.75) is 37.6 Å². The van der Waals surface area contributed by atoms with Gasteiger partial charge >= 0.3 is 0 Å². The van der Waals surface area contributed by atoms with Crippen LogP contribution >= 0.6 is 0 Å². The van der Waals surface area contributed by atoms with Gasteiger partial charge < -0.3 is 10.6 Å². The highest BCUT2D eigenvalue weighted by Crippen LogP contribution is 2.08. The van der Waals surface area contributed by atoms with Gasteiger partial charge in [-0.15, -0.1) is 0 Å². The van der Waals surface area contributed by atoms with E-state index in [2.05, 4.69) is 10.6 Å². The van der Waals surface area contributed by atoms with Crippen molar-refractivity contribution in [1.82, 2.24) is 10.6 Å². The first-order valence-corrected chi connectivity index (χ1v) is 8.49. The molecule has 1 rings (SSSR count). The van der Waals surface area contributed by atoms with Gasteiger partial charge in [0, 0.05) is 6.04 Å². The average Bonchev–Trinajstić information content (AvgIpc) is 2.43. The molecule has 0 aliphatic carbocycles. The van der Waals surface area contributed by atoms with E-state index in [9.17, 15) is 13.2 Å². The number of nitrogens with one attached hydrogen (secondary N) is 2. The van der Waals surface area contributed by atoms with Crippen LogP contribution in [0, 0.1) is 0 Å². The van der Waals surface area contributed by atoms with Gasteiger partial charge in [0.1, 0.15) is 0 Å². The number of benzene rings is 1. The lowest BCUT2D eigenvalue weighted by molar-refractivity contribution is -0.120. The van der Waals surface area contributed by atoms with Gasteiger partial charge in [0.05, 0.1) is 11.4 Å². The summed E-state index contributed by atoms with van der Waals surface area (Å²) in [6.45, 7) is 4.90. The smallest absolute Gasteiger partial charge is 0.238 e. The molecule has 0 radical (unpaired) electrons. The van der Waals surface area contributed by atoms with Crippen LogP contribution in [0.3, 0.4) is 0 Å². The zero-order chi connectivity index (χ0) is 15.9. The monoisotopic (exact) mass is 313 g/mol. The van der Waals surface area contributed by atoms with E-state index in [1.807, 2.05) is 13.8 Å². The quantitative estimate of drug-likeness (QED) is 0.604. The number of hydrogen-bond donors (Lipinski definition) is 3. The summed E-state index contributed by atoms with van der Waals surface area (Å²) in [6, 6.07) is 6.60. The second-order valence-corrected chi connectivity index (χ2v) is 6.55. The Morgan fingerprint density at radius 1 is 1.29 bits per heavy atom. The summed E-state index contributed by atoms with van der Waals surface area (Å²) >= 11 is 0. The molecule has 6 nitrogen and oxygen atoms in total. The average molecular weight is 313 g/mol. The van der Waals surface area contributed by atoms with E-state index < -0.39 is 10.0 Å². The maximum absolute atomic E-state index is 11.5. The van der Waals surface area contributed by atoms with E-state index in [0.29, 0.717) is 13.0 Å². The van der Waals surface area contributed by atoms with E-state index in [0.717, 1.165) is 12.0 Å². The van der Waals surface area contributed by atoms with Crippen LogP contribution < -0.4 is 15.8 Å². The molecular weight excluding hydrogens is 290 g/mol. The molecule has 4 N–H and O–H groups in total. The van der Waals surface area contributed by atoms with Gasteiger partial charge in [-0.2, -0.15) is 0 Å². The molecule has 1 amide bonds. The molecule has 0 aromatic heterocycles. The molecule has 0 spiro atoms. The van der Waals surface area contributed by atoms with Gasteiger partial charge in [-0.05, 0) is 44.0 Å². The summed E-state index contributed by atoms with van der Waals surface area (Å²) < 4.78 is 22.2. The van der Waals surface area contributed by atoms with Gasteiger partial charge in [-0.3, -0.25) is 4.79 Å². The minimum Gasteiger partial charge on any atom is -0.353 e. The first-order chi connectivity index (χ1) is 9.82. The molecule has 0 saturated heterocycles. The standard InChI is InChI=1S/C14H23N3O3S/c1-3-11(2)17-14(18)10-16-9-8-12-4-6-13(7-5-12)21(15,19)20/h4-7,11,16H,3,8-10H2,1-2H3,(H,17,18)(H2,15,19,20).